The second-order valence-electron chi connectivity index (χ2n) is 6.21. The summed E-state index contributed by atoms with van der Waals surface area (Å²) in [5, 5.41) is 3.88. The Labute approximate surface area is 184 Å². The molecule has 0 aliphatic rings. The molecule has 32 heavy (non-hydrogen) atoms. The zero-order chi connectivity index (χ0) is 23.1. The number of terminal acetylenes is 1. The number of ether oxygens (including phenoxy) is 3. The number of esters is 1. The van der Waals surface area contributed by atoms with Crippen molar-refractivity contribution in [2.45, 2.75) is 11.5 Å². The van der Waals surface area contributed by atoms with Crippen molar-refractivity contribution < 1.29 is 31.9 Å². The average molecular weight is 457 g/mol. The van der Waals surface area contributed by atoms with Gasteiger partial charge in [-0.3, -0.25) is 0 Å². The van der Waals surface area contributed by atoms with Gasteiger partial charge in [-0.05, 0) is 36.4 Å². The normalized spacial score (nSPS) is 10.9. The molecule has 1 N–H and O–H groups in total. The summed E-state index contributed by atoms with van der Waals surface area (Å²) in [6.07, 6.45) is 5.05. The average Bonchev–Trinajstić information content (AvgIpc) is 3.29. The van der Waals surface area contributed by atoms with Gasteiger partial charge in [0.25, 0.3) is 5.89 Å². The number of hydrogen-bond donors (Lipinski definition) is 1. The lowest BCUT2D eigenvalue weighted by Crippen LogP contribution is -2.23. The molecule has 2 aromatic carbocycles. The standard InChI is InChI=1S/C21H19N3O7S/c1-4-11-22-32(26,27)16-8-5-14(6-9-16)21(25)30-13-19-23-20(24-31-19)17-10-7-15(28-2)12-18(17)29-3/h1,5-10,12,22H,11,13H2,2-3H3. The number of aromatic nitrogens is 2. The van der Waals surface area contributed by atoms with Crippen molar-refractivity contribution in [1.82, 2.24) is 14.9 Å². The minimum Gasteiger partial charge on any atom is -0.497 e. The fourth-order valence-corrected chi connectivity index (χ4v) is 3.54. The fraction of sp³-hybridized carbons (Fsp3) is 0.190. The monoisotopic (exact) mass is 457 g/mol. The van der Waals surface area contributed by atoms with Crippen LogP contribution in [0.2, 0.25) is 0 Å². The van der Waals surface area contributed by atoms with E-state index in [1.165, 1.54) is 38.5 Å². The predicted molar refractivity (Wildman–Crippen MR) is 112 cm³/mol. The van der Waals surface area contributed by atoms with Crippen LogP contribution in [0.15, 0.2) is 51.9 Å². The second kappa shape index (κ2) is 9.95. The lowest BCUT2D eigenvalue weighted by atomic mass is 10.2. The summed E-state index contributed by atoms with van der Waals surface area (Å²) in [5.41, 5.74) is 0.724. The first-order valence-corrected chi connectivity index (χ1v) is 10.6. The van der Waals surface area contributed by atoms with Gasteiger partial charge in [-0.15, -0.1) is 6.42 Å². The first-order valence-electron chi connectivity index (χ1n) is 9.13. The molecule has 0 amide bonds. The number of hydrogen-bond acceptors (Lipinski definition) is 9. The Hall–Kier alpha value is -3.88. The highest BCUT2D eigenvalue weighted by atomic mass is 32.2. The molecule has 0 radical (unpaired) electrons. The third-order valence-electron chi connectivity index (χ3n) is 4.21. The molecule has 10 nitrogen and oxygen atoms in total. The molecule has 3 rings (SSSR count). The number of carbonyl (C=O) groups excluding carboxylic acids is 1. The lowest BCUT2D eigenvalue weighted by molar-refractivity contribution is 0.0429. The SMILES string of the molecule is C#CCNS(=O)(=O)c1ccc(C(=O)OCc2nc(-c3ccc(OC)cc3OC)no2)cc1. The Morgan fingerprint density at radius 1 is 1.16 bits per heavy atom. The van der Waals surface area contributed by atoms with E-state index in [4.69, 9.17) is 25.2 Å². The van der Waals surface area contributed by atoms with E-state index in [0.717, 1.165) is 0 Å². The Morgan fingerprint density at radius 2 is 1.91 bits per heavy atom. The molecule has 0 aliphatic carbocycles. The van der Waals surface area contributed by atoms with Crippen molar-refractivity contribution >= 4 is 16.0 Å². The van der Waals surface area contributed by atoms with Crippen molar-refractivity contribution in [1.29, 1.82) is 0 Å². The summed E-state index contributed by atoms with van der Waals surface area (Å²) in [5.74, 6) is 2.91. The summed E-state index contributed by atoms with van der Waals surface area (Å²) in [6, 6.07) is 10.3. The Kier molecular flexibility index (Phi) is 7.09. The Balaban J connectivity index is 1.65. The maximum absolute atomic E-state index is 12.3. The first-order chi connectivity index (χ1) is 15.4. The molecule has 11 heteroatoms. The van der Waals surface area contributed by atoms with Gasteiger partial charge < -0.3 is 18.7 Å². The van der Waals surface area contributed by atoms with Gasteiger partial charge in [-0.25, -0.2) is 13.2 Å². The van der Waals surface area contributed by atoms with Crippen molar-refractivity contribution in [2.24, 2.45) is 0 Å². The number of nitrogens with one attached hydrogen (secondary N) is 1. The molecule has 1 aromatic heterocycles. The van der Waals surface area contributed by atoms with E-state index in [0.29, 0.717) is 17.1 Å². The van der Waals surface area contributed by atoms with Crippen molar-refractivity contribution in [2.75, 3.05) is 20.8 Å². The smallest absolute Gasteiger partial charge is 0.338 e. The van der Waals surface area contributed by atoms with E-state index in [1.807, 2.05) is 0 Å². The van der Waals surface area contributed by atoms with Crippen LogP contribution in [0, 0.1) is 12.3 Å². The maximum Gasteiger partial charge on any atom is 0.338 e. The number of sulfonamides is 1. The predicted octanol–water partition coefficient (Wildman–Crippen LogP) is 2.02. The van der Waals surface area contributed by atoms with E-state index in [-0.39, 0.29) is 35.3 Å². The van der Waals surface area contributed by atoms with Crippen LogP contribution < -0.4 is 14.2 Å². The van der Waals surface area contributed by atoms with Crippen LogP contribution in [0.4, 0.5) is 0 Å². The van der Waals surface area contributed by atoms with Gasteiger partial charge >= 0.3 is 5.97 Å². The minimum absolute atomic E-state index is 0.0284. The Bertz CT molecular complexity index is 1250. The molecule has 0 bridgehead atoms. The van der Waals surface area contributed by atoms with Crippen molar-refractivity contribution in [3.8, 4) is 35.2 Å². The lowest BCUT2D eigenvalue weighted by Gasteiger charge is -2.07. The van der Waals surface area contributed by atoms with Gasteiger partial charge in [0, 0.05) is 6.07 Å². The van der Waals surface area contributed by atoms with E-state index < -0.39 is 16.0 Å². The number of benzene rings is 2. The molecule has 3 aromatic rings. The summed E-state index contributed by atoms with van der Waals surface area (Å²) in [4.78, 5) is 16.4. The largest absolute Gasteiger partial charge is 0.497 e. The molecule has 1 heterocycles. The highest BCUT2D eigenvalue weighted by Crippen LogP contribution is 2.31. The Morgan fingerprint density at radius 3 is 2.56 bits per heavy atom. The van der Waals surface area contributed by atoms with Crippen LogP contribution in [0.1, 0.15) is 16.2 Å². The summed E-state index contributed by atoms with van der Waals surface area (Å²) in [6.45, 7) is -0.408. The van der Waals surface area contributed by atoms with Crippen LogP contribution in [0.3, 0.4) is 0 Å². The second-order valence-corrected chi connectivity index (χ2v) is 7.97. The van der Waals surface area contributed by atoms with Gasteiger partial charge in [0.15, 0.2) is 6.61 Å². The van der Waals surface area contributed by atoms with E-state index >= 15 is 0 Å². The molecule has 0 saturated heterocycles. The number of rotatable bonds is 9. The molecule has 0 aliphatic heterocycles. The van der Waals surface area contributed by atoms with E-state index in [2.05, 4.69) is 20.8 Å². The molecule has 166 valence electrons. The van der Waals surface area contributed by atoms with Gasteiger partial charge in [0.2, 0.25) is 15.8 Å². The van der Waals surface area contributed by atoms with Crippen LogP contribution in [-0.4, -0.2) is 45.3 Å². The van der Waals surface area contributed by atoms with E-state index in [9.17, 15) is 13.2 Å². The van der Waals surface area contributed by atoms with Gasteiger partial charge in [-0.1, -0.05) is 11.1 Å². The number of methoxy groups -OCH3 is 2. The highest BCUT2D eigenvalue weighted by molar-refractivity contribution is 7.89. The quantitative estimate of drug-likeness (QED) is 0.379. The topological polar surface area (TPSA) is 130 Å². The minimum atomic E-state index is -3.75. The summed E-state index contributed by atoms with van der Waals surface area (Å²) < 4.78 is 47.0. The molecule has 0 spiro atoms. The van der Waals surface area contributed by atoms with Crippen molar-refractivity contribution in [3.05, 3.63) is 53.9 Å². The molecule has 0 saturated carbocycles. The van der Waals surface area contributed by atoms with E-state index in [1.54, 1.807) is 18.2 Å². The third kappa shape index (κ3) is 5.23. The third-order valence-corrected chi connectivity index (χ3v) is 5.63. The molecular weight excluding hydrogens is 438 g/mol. The molecular formula is C21H19N3O7S. The van der Waals surface area contributed by atoms with Crippen LogP contribution >= 0.6 is 0 Å². The van der Waals surface area contributed by atoms with Crippen molar-refractivity contribution in [3.63, 3.8) is 0 Å². The van der Waals surface area contributed by atoms with Gasteiger partial charge in [0.1, 0.15) is 11.5 Å². The zero-order valence-corrected chi connectivity index (χ0v) is 18.0. The first kappa shape index (κ1) is 22.8. The number of carbonyl (C=O) groups is 1. The molecule has 0 atom stereocenters. The van der Waals surface area contributed by atoms with Crippen LogP contribution in [0.5, 0.6) is 11.5 Å². The maximum atomic E-state index is 12.3. The molecule has 0 unspecified atom stereocenters. The van der Waals surface area contributed by atoms with Crippen LogP contribution in [0.25, 0.3) is 11.4 Å². The summed E-state index contributed by atoms with van der Waals surface area (Å²) in [7, 11) is -0.708. The van der Waals surface area contributed by atoms with Gasteiger partial charge in [0.05, 0.1) is 36.8 Å². The zero-order valence-electron chi connectivity index (χ0n) is 17.2. The van der Waals surface area contributed by atoms with Gasteiger partial charge in [-0.2, -0.15) is 9.71 Å². The highest BCUT2D eigenvalue weighted by Gasteiger charge is 2.17. The molecule has 0 fully saturated rings. The summed E-state index contributed by atoms with van der Waals surface area (Å²) >= 11 is 0. The number of nitrogens with zero attached hydrogens (tertiary/aromatic N) is 2. The fourth-order valence-electron chi connectivity index (χ4n) is 2.61. The van der Waals surface area contributed by atoms with Crippen LogP contribution in [-0.2, 0) is 21.4 Å².